The van der Waals surface area contributed by atoms with Gasteiger partial charge in [0, 0.05) is 44.1 Å². The molecule has 0 aliphatic carbocycles. The summed E-state index contributed by atoms with van der Waals surface area (Å²) in [7, 11) is 0. The molecule has 28 heavy (non-hydrogen) atoms. The molecule has 0 aromatic heterocycles. The van der Waals surface area contributed by atoms with Crippen LogP contribution in [0.5, 0.6) is 0 Å². The van der Waals surface area contributed by atoms with E-state index in [0.717, 1.165) is 45.0 Å². The summed E-state index contributed by atoms with van der Waals surface area (Å²) < 4.78 is 0. The van der Waals surface area contributed by atoms with E-state index in [0.29, 0.717) is 12.0 Å². The van der Waals surface area contributed by atoms with Gasteiger partial charge in [-0.1, -0.05) is 50.6 Å². The van der Waals surface area contributed by atoms with Crippen molar-refractivity contribution in [3.05, 3.63) is 35.4 Å². The van der Waals surface area contributed by atoms with Crippen LogP contribution in [0.2, 0.25) is 0 Å². The van der Waals surface area contributed by atoms with Crippen LogP contribution in [0.1, 0.15) is 57.6 Å². The van der Waals surface area contributed by atoms with Crippen LogP contribution in [0, 0.1) is 12.8 Å². The molecular weight excluding hydrogens is 463 g/mol. The average molecular weight is 500 g/mol. The lowest BCUT2D eigenvalue weighted by molar-refractivity contribution is -0.135. The monoisotopic (exact) mass is 500 g/mol. The van der Waals surface area contributed by atoms with Crippen molar-refractivity contribution >= 4 is 35.8 Å². The van der Waals surface area contributed by atoms with Crippen molar-refractivity contribution in [1.29, 1.82) is 0 Å². The van der Waals surface area contributed by atoms with Gasteiger partial charge in [0.15, 0.2) is 5.96 Å². The van der Waals surface area contributed by atoms with Crippen molar-refractivity contribution in [2.24, 2.45) is 10.9 Å². The number of guanidine groups is 1. The van der Waals surface area contributed by atoms with E-state index >= 15 is 0 Å². The molecule has 1 unspecified atom stereocenters. The van der Waals surface area contributed by atoms with Crippen LogP contribution in [-0.2, 0) is 4.79 Å². The fourth-order valence-electron chi connectivity index (χ4n) is 3.35. The number of aryl methyl sites for hydroxylation is 1. The normalized spacial score (nSPS) is 16.5. The number of benzene rings is 1. The number of rotatable bonds is 6. The number of halogens is 1. The largest absolute Gasteiger partial charge is 0.357 e. The zero-order chi connectivity index (χ0) is 19.8. The van der Waals surface area contributed by atoms with Gasteiger partial charge in [-0.3, -0.25) is 9.79 Å². The minimum absolute atomic E-state index is 0. The van der Waals surface area contributed by atoms with E-state index in [1.165, 1.54) is 11.1 Å². The molecule has 0 radical (unpaired) electrons. The summed E-state index contributed by atoms with van der Waals surface area (Å²) in [6.45, 7) is 13.6. The van der Waals surface area contributed by atoms with Gasteiger partial charge in [0.25, 0.3) is 0 Å². The van der Waals surface area contributed by atoms with Crippen LogP contribution < -0.4 is 10.6 Å². The molecule has 1 saturated heterocycles. The van der Waals surface area contributed by atoms with Gasteiger partial charge in [0.05, 0.1) is 0 Å². The topological polar surface area (TPSA) is 56.7 Å². The summed E-state index contributed by atoms with van der Waals surface area (Å²) in [5.41, 5.74) is 2.60. The first-order chi connectivity index (χ1) is 12.9. The summed E-state index contributed by atoms with van der Waals surface area (Å²) in [6, 6.07) is 9.07. The predicted octanol–water partition coefficient (Wildman–Crippen LogP) is 3.92. The summed E-state index contributed by atoms with van der Waals surface area (Å²) in [5, 5.41) is 6.92. The van der Waals surface area contributed by atoms with Crippen molar-refractivity contribution < 1.29 is 4.79 Å². The number of carbonyl (C=O) groups excluding carboxylic acids is 1. The van der Waals surface area contributed by atoms with E-state index in [-0.39, 0.29) is 35.8 Å². The van der Waals surface area contributed by atoms with Gasteiger partial charge in [-0.2, -0.15) is 0 Å². The third-order valence-corrected chi connectivity index (χ3v) is 5.16. The highest BCUT2D eigenvalue weighted by Crippen LogP contribution is 2.16. The van der Waals surface area contributed by atoms with Gasteiger partial charge in [-0.25, -0.2) is 0 Å². The van der Waals surface area contributed by atoms with Crippen LogP contribution in [0.3, 0.4) is 0 Å². The molecule has 1 aliphatic heterocycles. The van der Waals surface area contributed by atoms with Gasteiger partial charge in [-0.05, 0) is 32.3 Å². The highest BCUT2D eigenvalue weighted by Gasteiger charge is 2.24. The van der Waals surface area contributed by atoms with E-state index in [1.807, 2.05) is 18.7 Å². The van der Waals surface area contributed by atoms with Crippen LogP contribution in [0.4, 0.5) is 0 Å². The zero-order valence-electron chi connectivity index (χ0n) is 18.0. The number of piperidine rings is 1. The van der Waals surface area contributed by atoms with Gasteiger partial charge < -0.3 is 15.5 Å². The highest BCUT2D eigenvalue weighted by atomic mass is 127. The van der Waals surface area contributed by atoms with Gasteiger partial charge in [0.2, 0.25) is 5.91 Å². The number of likely N-dealkylation sites (tertiary alicyclic amines) is 1. The lowest BCUT2D eigenvalue weighted by Gasteiger charge is -2.34. The molecule has 5 nitrogen and oxygen atoms in total. The summed E-state index contributed by atoms with van der Waals surface area (Å²) in [4.78, 5) is 18.9. The molecule has 2 N–H and O–H groups in total. The number of hydrogen-bond acceptors (Lipinski definition) is 2. The lowest BCUT2D eigenvalue weighted by Crippen LogP contribution is -2.50. The van der Waals surface area contributed by atoms with Crippen molar-refractivity contribution in [2.75, 3.05) is 26.2 Å². The first-order valence-corrected chi connectivity index (χ1v) is 10.3. The Hall–Kier alpha value is -1.31. The summed E-state index contributed by atoms with van der Waals surface area (Å²) >= 11 is 0. The molecular formula is C22H37IN4O. The molecule has 1 aromatic carbocycles. The Labute approximate surface area is 187 Å². The average Bonchev–Trinajstić information content (AvgIpc) is 2.66. The first-order valence-electron chi connectivity index (χ1n) is 10.3. The first kappa shape index (κ1) is 24.7. The molecule has 158 valence electrons. The van der Waals surface area contributed by atoms with Gasteiger partial charge >= 0.3 is 0 Å². The van der Waals surface area contributed by atoms with Gasteiger partial charge in [0.1, 0.15) is 0 Å². The van der Waals surface area contributed by atoms with E-state index in [2.05, 4.69) is 55.7 Å². The number of carbonyl (C=O) groups is 1. The maximum Gasteiger partial charge on any atom is 0.225 e. The third-order valence-electron chi connectivity index (χ3n) is 5.16. The zero-order valence-corrected chi connectivity index (χ0v) is 20.3. The molecule has 1 atom stereocenters. The third kappa shape index (κ3) is 7.60. The molecule has 6 heteroatoms. The number of aliphatic imine (C=N–C) groups is 1. The molecule has 0 saturated carbocycles. The van der Waals surface area contributed by atoms with Crippen molar-refractivity contribution in [1.82, 2.24) is 15.5 Å². The van der Waals surface area contributed by atoms with Crippen molar-refractivity contribution in [3.63, 3.8) is 0 Å². The van der Waals surface area contributed by atoms with E-state index < -0.39 is 0 Å². The summed E-state index contributed by atoms with van der Waals surface area (Å²) in [6.07, 6.45) is 1.94. The molecule has 1 amide bonds. The number of hydrogen-bond donors (Lipinski definition) is 2. The van der Waals surface area contributed by atoms with Crippen LogP contribution in [-0.4, -0.2) is 49.0 Å². The molecule has 0 bridgehead atoms. The van der Waals surface area contributed by atoms with Crippen LogP contribution in [0.25, 0.3) is 0 Å². The maximum atomic E-state index is 12.1. The second-order valence-electron chi connectivity index (χ2n) is 7.93. The second-order valence-corrected chi connectivity index (χ2v) is 7.93. The fourth-order valence-corrected chi connectivity index (χ4v) is 3.35. The number of nitrogens with zero attached hydrogens (tertiary/aromatic N) is 2. The number of nitrogens with one attached hydrogen (secondary N) is 2. The fraction of sp³-hybridized carbons (Fsp3) is 0.636. The van der Waals surface area contributed by atoms with E-state index in [1.54, 1.807) is 0 Å². The van der Waals surface area contributed by atoms with Gasteiger partial charge in [-0.15, -0.1) is 24.0 Å². The van der Waals surface area contributed by atoms with Crippen LogP contribution in [0.15, 0.2) is 29.3 Å². The SMILES string of the molecule is CCNC(=NCC(C)c1ccc(C)cc1)NC1CCN(C(=O)C(C)C)CC1.I. The van der Waals surface area contributed by atoms with Crippen molar-refractivity contribution in [3.8, 4) is 0 Å². The van der Waals surface area contributed by atoms with Crippen LogP contribution >= 0.6 is 24.0 Å². The Bertz CT molecular complexity index is 622. The highest BCUT2D eigenvalue weighted by molar-refractivity contribution is 14.0. The Morgan fingerprint density at radius 3 is 2.32 bits per heavy atom. The Balaban J connectivity index is 0.00000392. The second kappa shape index (κ2) is 12.3. The van der Waals surface area contributed by atoms with E-state index in [4.69, 9.17) is 4.99 Å². The Morgan fingerprint density at radius 1 is 1.18 bits per heavy atom. The standard InChI is InChI=1S/C22H36N4O.HI/c1-6-23-22(24-15-18(5)19-9-7-17(4)8-10-19)25-20-11-13-26(14-12-20)21(27)16(2)3;/h7-10,16,18,20H,6,11-15H2,1-5H3,(H2,23,24,25);1H. The lowest BCUT2D eigenvalue weighted by atomic mass is 10.0. The maximum absolute atomic E-state index is 12.1. The quantitative estimate of drug-likeness (QED) is 0.354. The number of amides is 1. The minimum Gasteiger partial charge on any atom is -0.357 e. The molecule has 2 rings (SSSR count). The van der Waals surface area contributed by atoms with Crippen molar-refractivity contribution in [2.45, 2.75) is 59.4 Å². The van der Waals surface area contributed by atoms with E-state index in [9.17, 15) is 4.79 Å². The Kier molecular flexibility index (Phi) is 10.9. The smallest absolute Gasteiger partial charge is 0.225 e. The molecule has 1 fully saturated rings. The summed E-state index contributed by atoms with van der Waals surface area (Å²) in [5.74, 6) is 1.61. The molecule has 1 heterocycles. The Morgan fingerprint density at radius 2 is 1.79 bits per heavy atom. The minimum atomic E-state index is 0. The molecule has 1 aliphatic rings. The predicted molar refractivity (Wildman–Crippen MR) is 129 cm³/mol. The molecule has 1 aromatic rings. The molecule has 0 spiro atoms.